The van der Waals surface area contributed by atoms with E-state index >= 15 is 0 Å². The Balaban J connectivity index is 1.49. The van der Waals surface area contributed by atoms with E-state index in [1.54, 1.807) is 13.4 Å². The summed E-state index contributed by atoms with van der Waals surface area (Å²) in [6, 6.07) is 4.31. The van der Waals surface area contributed by atoms with Gasteiger partial charge in [0.2, 0.25) is 0 Å². The van der Waals surface area contributed by atoms with Crippen molar-refractivity contribution in [3.63, 3.8) is 0 Å². The van der Waals surface area contributed by atoms with Crippen molar-refractivity contribution in [2.24, 2.45) is 10.9 Å². The number of hydrogen-bond acceptors (Lipinski definition) is 5. The predicted octanol–water partition coefficient (Wildman–Crippen LogP) is 1.98. The number of guanidine groups is 1. The Morgan fingerprint density at radius 1 is 1.33 bits per heavy atom. The molecule has 2 fully saturated rings. The Labute approximate surface area is 162 Å². The summed E-state index contributed by atoms with van der Waals surface area (Å²) >= 11 is 0. The lowest BCUT2D eigenvalue weighted by molar-refractivity contribution is 0.0536. The fourth-order valence-electron chi connectivity index (χ4n) is 4.02. The Morgan fingerprint density at radius 3 is 2.89 bits per heavy atom. The molecule has 27 heavy (non-hydrogen) atoms. The Hall–Kier alpha value is -1.57. The molecule has 3 rings (SSSR count). The van der Waals surface area contributed by atoms with Gasteiger partial charge in [0.25, 0.3) is 0 Å². The number of nitrogens with zero attached hydrogens (tertiary/aromatic N) is 3. The van der Waals surface area contributed by atoms with Gasteiger partial charge in [-0.2, -0.15) is 0 Å². The number of likely N-dealkylation sites (tertiary alicyclic amines) is 2. The minimum absolute atomic E-state index is 0.259. The lowest BCUT2D eigenvalue weighted by Gasteiger charge is -2.28. The van der Waals surface area contributed by atoms with Crippen LogP contribution in [-0.4, -0.2) is 82.5 Å². The van der Waals surface area contributed by atoms with E-state index in [0.717, 1.165) is 57.5 Å². The van der Waals surface area contributed by atoms with Crippen LogP contribution in [0.3, 0.4) is 0 Å². The van der Waals surface area contributed by atoms with E-state index in [1.807, 2.05) is 13.1 Å². The second-order valence-corrected chi connectivity index (χ2v) is 7.37. The highest BCUT2D eigenvalue weighted by atomic mass is 16.5. The lowest BCUT2D eigenvalue weighted by atomic mass is 10.1. The van der Waals surface area contributed by atoms with Crippen molar-refractivity contribution in [3.8, 4) is 0 Å². The first kappa shape index (κ1) is 20.2. The van der Waals surface area contributed by atoms with Gasteiger partial charge in [0.05, 0.1) is 32.1 Å². The normalized spacial score (nSPS) is 22.5. The molecule has 0 amide bonds. The molecular weight excluding hydrogens is 344 g/mol. The molecule has 2 atom stereocenters. The molecule has 1 aromatic heterocycles. The van der Waals surface area contributed by atoms with Gasteiger partial charge in [-0.1, -0.05) is 0 Å². The van der Waals surface area contributed by atoms with Crippen LogP contribution >= 0.6 is 0 Å². The van der Waals surface area contributed by atoms with Crippen LogP contribution in [0.5, 0.6) is 0 Å². The van der Waals surface area contributed by atoms with Crippen LogP contribution in [0, 0.1) is 5.92 Å². The summed E-state index contributed by atoms with van der Waals surface area (Å²) in [4.78, 5) is 9.37. The van der Waals surface area contributed by atoms with Gasteiger partial charge in [0, 0.05) is 39.7 Å². The second kappa shape index (κ2) is 10.7. The standard InChI is InChI=1S/C20H34N4O3/c1-21-20(24-10-7-17(15-24)16-26-13-12-25-2)22-14-18(19-6-5-11-27-19)23-8-3-4-9-23/h5-6,11,17-18H,3-4,7-10,12-16H2,1-2H3,(H,21,22). The second-order valence-electron chi connectivity index (χ2n) is 7.37. The quantitative estimate of drug-likeness (QED) is 0.403. The number of ether oxygens (including phenoxy) is 2. The zero-order chi connectivity index (χ0) is 18.9. The van der Waals surface area contributed by atoms with Crippen LogP contribution < -0.4 is 5.32 Å². The molecule has 2 unspecified atom stereocenters. The molecular formula is C20H34N4O3. The minimum atomic E-state index is 0.259. The Bertz CT molecular complexity index is 558. The zero-order valence-electron chi connectivity index (χ0n) is 16.7. The molecule has 7 heteroatoms. The zero-order valence-corrected chi connectivity index (χ0v) is 16.7. The maximum atomic E-state index is 5.72. The van der Waals surface area contributed by atoms with Crippen molar-refractivity contribution in [2.75, 3.05) is 66.7 Å². The highest BCUT2D eigenvalue weighted by Crippen LogP contribution is 2.25. The molecule has 0 aliphatic carbocycles. The Kier molecular flexibility index (Phi) is 7.98. The number of rotatable bonds is 9. The van der Waals surface area contributed by atoms with Crippen molar-refractivity contribution < 1.29 is 13.9 Å². The van der Waals surface area contributed by atoms with E-state index in [1.165, 1.54) is 12.8 Å². The van der Waals surface area contributed by atoms with E-state index < -0.39 is 0 Å². The first-order chi connectivity index (χ1) is 13.3. The first-order valence-electron chi connectivity index (χ1n) is 10.1. The first-order valence-corrected chi connectivity index (χ1v) is 10.1. The third-order valence-corrected chi connectivity index (χ3v) is 5.49. The molecule has 0 aromatic carbocycles. The minimum Gasteiger partial charge on any atom is -0.468 e. The molecule has 2 saturated heterocycles. The van der Waals surface area contributed by atoms with E-state index in [4.69, 9.17) is 13.9 Å². The van der Waals surface area contributed by atoms with Crippen molar-refractivity contribution in [1.29, 1.82) is 0 Å². The van der Waals surface area contributed by atoms with Gasteiger partial charge in [-0.05, 0) is 44.5 Å². The van der Waals surface area contributed by atoms with Crippen LogP contribution in [-0.2, 0) is 9.47 Å². The van der Waals surface area contributed by atoms with Crippen LogP contribution in [0.15, 0.2) is 27.8 Å². The van der Waals surface area contributed by atoms with Crippen molar-refractivity contribution in [1.82, 2.24) is 15.1 Å². The van der Waals surface area contributed by atoms with Gasteiger partial charge in [0.1, 0.15) is 5.76 Å². The van der Waals surface area contributed by atoms with Gasteiger partial charge in [0.15, 0.2) is 5.96 Å². The van der Waals surface area contributed by atoms with Gasteiger partial charge < -0.3 is 24.1 Å². The van der Waals surface area contributed by atoms with Crippen LogP contribution in [0.2, 0.25) is 0 Å². The smallest absolute Gasteiger partial charge is 0.193 e. The van der Waals surface area contributed by atoms with Crippen LogP contribution in [0.4, 0.5) is 0 Å². The van der Waals surface area contributed by atoms with E-state index in [9.17, 15) is 0 Å². The van der Waals surface area contributed by atoms with E-state index in [2.05, 4.69) is 26.2 Å². The molecule has 7 nitrogen and oxygen atoms in total. The molecule has 1 N–H and O–H groups in total. The summed E-state index contributed by atoms with van der Waals surface area (Å²) in [6.07, 6.45) is 5.44. The fraction of sp³-hybridized carbons (Fsp3) is 0.750. The average Bonchev–Trinajstić information content (AvgIpc) is 3.45. The average molecular weight is 379 g/mol. The van der Waals surface area contributed by atoms with Gasteiger partial charge in [-0.15, -0.1) is 0 Å². The summed E-state index contributed by atoms with van der Waals surface area (Å²) in [5.41, 5.74) is 0. The largest absolute Gasteiger partial charge is 0.468 e. The molecule has 152 valence electrons. The number of aliphatic imine (C=N–C) groups is 1. The monoisotopic (exact) mass is 378 g/mol. The fourth-order valence-corrected chi connectivity index (χ4v) is 4.02. The molecule has 0 saturated carbocycles. The van der Waals surface area contributed by atoms with Crippen LogP contribution in [0.25, 0.3) is 0 Å². The molecule has 3 heterocycles. The summed E-state index contributed by atoms with van der Waals surface area (Å²) in [5.74, 6) is 2.57. The van der Waals surface area contributed by atoms with Crippen LogP contribution in [0.1, 0.15) is 31.1 Å². The van der Waals surface area contributed by atoms with Gasteiger partial charge in [-0.3, -0.25) is 9.89 Å². The van der Waals surface area contributed by atoms with Crippen molar-refractivity contribution in [3.05, 3.63) is 24.2 Å². The molecule has 0 radical (unpaired) electrons. The maximum Gasteiger partial charge on any atom is 0.193 e. The lowest BCUT2D eigenvalue weighted by Crippen LogP contribution is -2.44. The SMILES string of the molecule is CN=C(NCC(c1ccco1)N1CCCC1)N1CCC(COCCOC)C1. The molecule has 2 aliphatic heterocycles. The number of methoxy groups -OCH3 is 1. The van der Waals surface area contributed by atoms with E-state index in [0.29, 0.717) is 19.1 Å². The number of nitrogens with one attached hydrogen (secondary N) is 1. The predicted molar refractivity (Wildman–Crippen MR) is 106 cm³/mol. The Morgan fingerprint density at radius 2 is 2.19 bits per heavy atom. The third-order valence-electron chi connectivity index (χ3n) is 5.49. The topological polar surface area (TPSA) is 62.5 Å². The maximum absolute atomic E-state index is 5.72. The third kappa shape index (κ3) is 5.70. The molecule has 0 spiro atoms. The highest BCUT2D eigenvalue weighted by Gasteiger charge is 2.28. The van der Waals surface area contributed by atoms with Gasteiger partial charge in [-0.25, -0.2) is 0 Å². The number of hydrogen-bond donors (Lipinski definition) is 1. The molecule has 1 aromatic rings. The molecule has 0 bridgehead atoms. The molecule has 2 aliphatic rings. The van der Waals surface area contributed by atoms with Crippen molar-refractivity contribution in [2.45, 2.75) is 25.3 Å². The number of furan rings is 1. The van der Waals surface area contributed by atoms with E-state index in [-0.39, 0.29) is 6.04 Å². The van der Waals surface area contributed by atoms with Crippen molar-refractivity contribution >= 4 is 5.96 Å². The summed E-state index contributed by atoms with van der Waals surface area (Å²) in [7, 11) is 3.57. The van der Waals surface area contributed by atoms with Gasteiger partial charge >= 0.3 is 0 Å². The highest BCUT2D eigenvalue weighted by molar-refractivity contribution is 5.80. The summed E-state index contributed by atoms with van der Waals surface area (Å²) < 4.78 is 16.5. The summed E-state index contributed by atoms with van der Waals surface area (Å²) in [6.45, 7) is 7.21. The summed E-state index contributed by atoms with van der Waals surface area (Å²) in [5, 5.41) is 3.59.